The fraction of sp³-hybridized carbons (Fsp3) is 0.417. The van der Waals surface area contributed by atoms with Crippen LogP contribution in [0, 0.1) is 0 Å². The summed E-state index contributed by atoms with van der Waals surface area (Å²) in [6.45, 7) is 6.16. The van der Waals surface area contributed by atoms with Crippen molar-refractivity contribution in [1.29, 1.82) is 0 Å². The summed E-state index contributed by atoms with van der Waals surface area (Å²) in [5, 5.41) is 0.653. The summed E-state index contributed by atoms with van der Waals surface area (Å²) in [6, 6.07) is 10.8. The summed E-state index contributed by atoms with van der Waals surface area (Å²) in [5.41, 5.74) is 2.04. The fourth-order valence-corrected chi connectivity index (χ4v) is 4.80. The monoisotopic (exact) mass is 455 g/mol. The standard InChI is InChI=1S/C24H26ClN3O4/c25-17-15-20(22-21(16-17)31-13-14-32-22)27-11-9-26(10-12-27)7-3-4-8-28-23(29)18-5-1-2-6-19(18)24(28)30/h1-2,5-6,15-16H,3-4,7-14H2. The number of unbranched alkanes of at least 4 members (excludes halogenated alkanes) is 1. The van der Waals surface area contributed by atoms with Crippen molar-refractivity contribution >= 4 is 29.1 Å². The van der Waals surface area contributed by atoms with Crippen LogP contribution >= 0.6 is 11.6 Å². The minimum absolute atomic E-state index is 0.171. The third-order valence-electron chi connectivity index (χ3n) is 6.28. The van der Waals surface area contributed by atoms with Crippen molar-refractivity contribution in [3.05, 3.63) is 52.5 Å². The molecule has 0 unspecified atom stereocenters. The molecule has 168 valence electrons. The average molecular weight is 456 g/mol. The molecule has 0 aromatic heterocycles. The SMILES string of the molecule is O=C1c2ccccc2C(=O)N1CCCCN1CCN(c2cc(Cl)cc3c2OCCO3)CC1. The maximum atomic E-state index is 12.5. The number of piperazine rings is 1. The van der Waals surface area contributed by atoms with Crippen molar-refractivity contribution in [1.82, 2.24) is 9.80 Å². The molecule has 8 heteroatoms. The van der Waals surface area contributed by atoms with Gasteiger partial charge >= 0.3 is 0 Å². The van der Waals surface area contributed by atoms with Gasteiger partial charge in [0.15, 0.2) is 11.5 Å². The van der Waals surface area contributed by atoms with Gasteiger partial charge in [0.25, 0.3) is 11.8 Å². The van der Waals surface area contributed by atoms with Crippen LogP contribution in [-0.2, 0) is 0 Å². The van der Waals surface area contributed by atoms with E-state index in [2.05, 4.69) is 9.80 Å². The molecule has 0 N–H and O–H groups in total. The molecule has 1 fully saturated rings. The number of ether oxygens (including phenoxy) is 2. The Bertz CT molecular complexity index is 1000. The molecular weight excluding hydrogens is 430 g/mol. The molecule has 0 saturated carbocycles. The first kappa shape index (κ1) is 21.1. The van der Waals surface area contributed by atoms with Crippen LogP contribution in [0.3, 0.4) is 0 Å². The minimum atomic E-state index is -0.171. The highest BCUT2D eigenvalue weighted by molar-refractivity contribution is 6.31. The Labute approximate surface area is 192 Å². The third kappa shape index (κ3) is 4.02. The van der Waals surface area contributed by atoms with Gasteiger partial charge in [-0.3, -0.25) is 19.4 Å². The smallest absolute Gasteiger partial charge is 0.261 e. The zero-order chi connectivity index (χ0) is 22.1. The van der Waals surface area contributed by atoms with Crippen molar-refractivity contribution in [2.24, 2.45) is 0 Å². The number of fused-ring (bicyclic) bond motifs is 2. The van der Waals surface area contributed by atoms with Gasteiger partial charge in [0, 0.05) is 43.8 Å². The highest BCUT2D eigenvalue weighted by atomic mass is 35.5. The second kappa shape index (κ2) is 9.00. The van der Waals surface area contributed by atoms with Crippen LogP contribution in [-0.4, -0.2) is 74.1 Å². The number of carbonyl (C=O) groups excluding carboxylic acids is 2. The Morgan fingerprint density at radius 3 is 2.22 bits per heavy atom. The summed E-state index contributed by atoms with van der Waals surface area (Å²) in [7, 11) is 0. The largest absolute Gasteiger partial charge is 0.486 e. The van der Waals surface area contributed by atoms with Crippen LogP contribution in [0.15, 0.2) is 36.4 Å². The van der Waals surface area contributed by atoms with E-state index in [1.165, 1.54) is 4.90 Å². The summed E-state index contributed by atoms with van der Waals surface area (Å²) < 4.78 is 11.6. The van der Waals surface area contributed by atoms with Crippen LogP contribution in [0.4, 0.5) is 5.69 Å². The van der Waals surface area contributed by atoms with Crippen molar-refractivity contribution < 1.29 is 19.1 Å². The Morgan fingerprint density at radius 1 is 0.844 bits per heavy atom. The lowest BCUT2D eigenvalue weighted by atomic mass is 10.1. The number of hydrogen-bond acceptors (Lipinski definition) is 6. The van der Waals surface area contributed by atoms with Crippen LogP contribution in [0.1, 0.15) is 33.6 Å². The van der Waals surface area contributed by atoms with Gasteiger partial charge in [0.2, 0.25) is 0 Å². The molecule has 3 aliphatic heterocycles. The molecule has 2 aromatic carbocycles. The molecule has 0 atom stereocenters. The van der Waals surface area contributed by atoms with Gasteiger partial charge < -0.3 is 14.4 Å². The van der Waals surface area contributed by atoms with E-state index in [-0.39, 0.29) is 11.8 Å². The van der Waals surface area contributed by atoms with Crippen molar-refractivity contribution in [3.8, 4) is 11.5 Å². The van der Waals surface area contributed by atoms with Gasteiger partial charge in [0.1, 0.15) is 13.2 Å². The lowest BCUT2D eigenvalue weighted by Gasteiger charge is -2.37. The number of anilines is 1. The van der Waals surface area contributed by atoms with E-state index in [4.69, 9.17) is 21.1 Å². The molecule has 5 rings (SSSR count). The topological polar surface area (TPSA) is 62.3 Å². The Balaban J connectivity index is 1.10. The summed E-state index contributed by atoms with van der Waals surface area (Å²) in [6.07, 6.45) is 1.75. The number of amides is 2. The average Bonchev–Trinajstić information content (AvgIpc) is 3.06. The van der Waals surface area contributed by atoms with E-state index < -0.39 is 0 Å². The van der Waals surface area contributed by atoms with Gasteiger partial charge in [0.05, 0.1) is 16.8 Å². The van der Waals surface area contributed by atoms with Crippen molar-refractivity contribution in [2.75, 3.05) is 57.4 Å². The van der Waals surface area contributed by atoms with E-state index in [1.807, 2.05) is 12.1 Å². The number of rotatable bonds is 6. The molecule has 3 heterocycles. The van der Waals surface area contributed by atoms with E-state index >= 15 is 0 Å². The molecule has 32 heavy (non-hydrogen) atoms. The lowest BCUT2D eigenvalue weighted by molar-refractivity contribution is 0.0650. The fourth-order valence-electron chi connectivity index (χ4n) is 4.60. The number of carbonyl (C=O) groups is 2. The Morgan fingerprint density at radius 2 is 1.50 bits per heavy atom. The van der Waals surface area contributed by atoms with Gasteiger partial charge in [-0.1, -0.05) is 23.7 Å². The van der Waals surface area contributed by atoms with Crippen LogP contribution in [0.25, 0.3) is 0 Å². The molecule has 0 radical (unpaired) electrons. The number of halogens is 1. The van der Waals surface area contributed by atoms with E-state index in [9.17, 15) is 9.59 Å². The first-order chi connectivity index (χ1) is 15.6. The second-order valence-electron chi connectivity index (χ2n) is 8.29. The van der Waals surface area contributed by atoms with Crippen LogP contribution in [0.5, 0.6) is 11.5 Å². The number of benzene rings is 2. The van der Waals surface area contributed by atoms with E-state index in [1.54, 1.807) is 24.3 Å². The van der Waals surface area contributed by atoms with Gasteiger partial charge in [-0.05, 0) is 37.6 Å². The zero-order valence-corrected chi connectivity index (χ0v) is 18.6. The summed E-state index contributed by atoms with van der Waals surface area (Å²) >= 11 is 6.29. The molecule has 0 spiro atoms. The van der Waals surface area contributed by atoms with Crippen LogP contribution < -0.4 is 14.4 Å². The molecular formula is C24H26ClN3O4. The maximum absolute atomic E-state index is 12.5. The molecule has 0 aliphatic carbocycles. The predicted octanol–water partition coefficient (Wildman–Crippen LogP) is 3.31. The molecule has 2 aromatic rings. The normalized spacial score (nSPS) is 18.3. The molecule has 3 aliphatic rings. The first-order valence-corrected chi connectivity index (χ1v) is 11.5. The van der Waals surface area contributed by atoms with Crippen LogP contribution in [0.2, 0.25) is 5.02 Å². The number of hydrogen-bond donors (Lipinski definition) is 0. The lowest BCUT2D eigenvalue weighted by Crippen LogP contribution is -2.47. The van der Waals surface area contributed by atoms with E-state index in [0.717, 1.165) is 57.0 Å². The number of nitrogens with zero attached hydrogens (tertiary/aromatic N) is 3. The quantitative estimate of drug-likeness (QED) is 0.492. The number of imide groups is 1. The minimum Gasteiger partial charge on any atom is -0.486 e. The van der Waals surface area contributed by atoms with Gasteiger partial charge in [-0.25, -0.2) is 0 Å². The Hall–Kier alpha value is -2.77. The highest BCUT2D eigenvalue weighted by Crippen LogP contribution is 2.42. The van der Waals surface area contributed by atoms with Gasteiger partial charge in [-0.15, -0.1) is 0 Å². The summed E-state index contributed by atoms with van der Waals surface area (Å²) in [5.74, 6) is 1.16. The maximum Gasteiger partial charge on any atom is 0.261 e. The van der Waals surface area contributed by atoms with E-state index in [0.29, 0.717) is 41.7 Å². The molecule has 7 nitrogen and oxygen atoms in total. The zero-order valence-electron chi connectivity index (χ0n) is 17.9. The molecule has 2 amide bonds. The molecule has 1 saturated heterocycles. The van der Waals surface area contributed by atoms with Crippen molar-refractivity contribution in [3.63, 3.8) is 0 Å². The predicted molar refractivity (Wildman–Crippen MR) is 122 cm³/mol. The third-order valence-corrected chi connectivity index (χ3v) is 6.50. The highest BCUT2D eigenvalue weighted by Gasteiger charge is 2.34. The van der Waals surface area contributed by atoms with Gasteiger partial charge in [-0.2, -0.15) is 0 Å². The van der Waals surface area contributed by atoms with Crippen molar-refractivity contribution in [2.45, 2.75) is 12.8 Å². The Kier molecular flexibility index (Phi) is 5.93. The second-order valence-corrected chi connectivity index (χ2v) is 8.73. The first-order valence-electron chi connectivity index (χ1n) is 11.1. The summed E-state index contributed by atoms with van der Waals surface area (Å²) in [4.78, 5) is 31.0. The molecule has 0 bridgehead atoms.